The lowest BCUT2D eigenvalue weighted by Gasteiger charge is -2.06. The van der Waals surface area contributed by atoms with Gasteiger partial charge in [0.15, 0.2) is 5.75 Å². The highest BCUT2D eigenvalue weighted by atomic mass is 16.6. The average Bonchev–Trinajstić information content (AvgIpc) is 3.02. The van der Waals surface area contributed by atoms with E-state index in [1.54, 1.807) is 0 Å². The quantitative estimate of drug-likeness (QED) is 0.421. The SMILES string of the molecule is COc1c(O)ccc(C=C(C#N)c2nc3ccc(C)cc3[nH]2)c1[N+](=O)[O-]. The number of hydrogen-bond donors (Lipinski definition) is 2. The van der Waals surface area contributed by atoms with E-state index in [0.717, 1.165) is 11.1 Å². The molecule has 1 heterocycles. The van der Waals surface area contributed by atoms with Gasteiger partial charge in [-0.1, -0.05) is 6.07 Å². The number of fused-ring (bicyclic) bond motifs is 1. The number of benzene rings is 2. The van der Waals surface area contributed by atoms with Crippen molar-refractivity contribution in [2.24, 2.45) is 0 Å². The Bertz CT molecular complexity index is 1090. The predicted molar refractivity (Wildman–Crippen MR) is 95.6 cm³/mol. The molecule has 0 saturated carbocycles. The number of aromatic hydroxyl groups is 1. The number of nitriles is 1. The highest BCUT2D eigenvalue weighted by Crippen LogP contribution is 2.40. The minimum absolute atomic E-state index is 0.120. The largest absolute Gasteiger partial charge is 0.504 e. The fourth-order valence-electron chi connectivity index (χ4n) is 2.64. The lowest BCUT2D eigenvalue weighted by atomic mass is 10.1. The molecule has 3 aromatic rings. The second-order valence-corrected chi connectivity index (χ2v) is 5.59. The van der Waals surface area contributed by atoms with E-state index in [1.807, 2.05) is 31.2 Å². The van der Waals surface area contributed by atoms with Crippen LogP contribution in [0.25, 0.3) is 22.7 Å². The second kappa shape index (κ2) is 6.57. The van der Waals surface area contributed by atoms with Crippen LogP contribution >= 0.6 is 0 Å². The Kier molecular flexibility index (Phi) is 4.29. The molecule has 26 heavy (non-hydrogen) atoms. The zero-order chi connectivity index (χ0) is 18.8. The first-order chi connectivity index (χ1) is 12.4. The normalized spacial score (nSPS) is 11.3. The van der Waals surface area contributed by atoms with Gasteiger partial charge in [0, 0.05) is 0 Å². The molecule has 1 aromatic heterocycles. The summed E-state index contributed by atoms with van der Waals surface area (Å²) in [5.74, 6) is -0.315. The smallest absolute Gasteiger partial charge is 0.322 e. The van der Waals surface area contributed by atoms with Crippen LogP contribution in [0.5, 0.6) is 11.5 Å². The first-order valence-electron chi connectivity index (χ1n) is 7.57. The Labute approximate surface area is 148 Å². The van der Waals surface area contributed by atoms with Gasteiger partial charge in [0.05, 0.1) is 34.2 Å². The van der Waals surface area contributed by atoms with Gasteiger partial charge in [-0.15, -0.1) is 0 Å². The van der Waals surface area contributed by atoms with Crippen LogP contribution in [0.15, 0.2) is 30.3 Å². The third-order valence-corrected chi connectivity index (χ3v) is 3.84. The Hall–Kier alpha value is -3.86. The van der Waals surface area contributed by atoms with Crippen molar-refractivity contribution in [3.8, 4) is 17.6 Å². The third-order valence-electron chi connectivity index (χ3n) is 3.84. The van der Waals surface area contributed by atoms with Crippen molar-refractivity contribution in [2.75, 3.05) is 7.11 Å². The Morgan fingerprint density at radius 3 is 2.85 bits per heavy atom. The van der Waals surface area contributed by atoms with E-state index in [2.05, 4.69) is 9.97 Å². The maximum Gasteiger partial charge on any atom is 0.322 e. The van der Waals surface area contributed by atoms with Crippen molar-refractivity contribution >= 4 is 28.4 Å². The average molecular weight is 350 g/mol. The molecule has 0 saturated heterocycles. The van der Waals surface area contributed by atoms with Crippen LogP contribution in [0.4, 0.5) is 5.69 Å². The molecule has 8 nitrogen and oxygen atoms in total. The molecule has 0 aliphatic heterocycles. The summed E-state index contributed by atoms with van der Waals surface area (Å²) in [5.41, 5.74) is 2.30. The molecular weight excluding hydrogens is 336 g/mol. The molecule has 2 N–H and O–H groups in total. The van der Waals surface area contributed by atoms with Crippen molar-refractivity contribution in [2.45, 2.75) is 6.92 Å². The van der Waals surface area contributed by atoms with E-state index in [4.69, 9.17) is 4.74 Å². The predicted octanol–water partition coefficient (Wildman–Crippen LogP) is 3.56. The lowest BCUT2D eigenvalue weighted by Crippen LogP contribution is -1.97. The maximum absolute atomic E-state index is 11.4. The van der Waals surface area contributed by atoms with Gasteiger partial charge in [0.1, 0.15) is 11.9 Å². The summed E-state index contributed by atoms with van der Waals surface area (Å²) in [6.07, 6.45) is 1.34. The first kappa shape index (κ1) is 17.0. The van der Waals surface area contributed by atoms with Crippen LogP contribution in [-0.2, 0) is 0 Å². The zero-order valence-electron chi connectivity index (χ0n) is 14.0. The van der Waals surface area contributed by atoms with Crippen molar-refractivity contribution < 1.29 is 14.8 Å². The summed E-state index contributed by atoms with van der Waals surface area (Å²) in [7, 11) is 1.22. The number of phenols is 1. The number of hydrogen-bond acceptors (Lipinski definition) is 6. The highest BCUT2D eigenvalue weighted by Gasteiger charge is 2.24. The molecule has 0 spiro atoms. The summed E-state index contributed by atoms with van der Waals surface area (Å²) >= 11 is 0. The molecule has 2 aromatic carbocycles. The summed E-state index contributed by atoms with van der Waals surface area (Å²) < 4.78 is 4.93. The Balaban J connectivity index is 2.18. The fourth-order valence-corrected chi connectivity index (χ4v) is 2.64. The number of aromatic amines is 1. The number of rotatable bonds is 4. The van der Waals surface area contributed by atoms with Crippen molar-refractivity contribution in [3.63, 3.8) is 0 Å². The van der Waals surface area contributed by atoms with Gasteiger partial charge in [0.2, 0.25) is 5.75 Å². The molecule has 0 radical (unpaired) electrons. The lowest BCUT2D eigenvalue weighted by molar-refractivity contribution is -0.386. The number of phenolic OH excluding ortho intramolecular Hbond substituents is 1. The van der Waals surface area contributed by atoms with Crippen molar-refractivity contribution in [1.29, 1.82) is 5.26 Å². The number of nitro benzene ring substituents is 1. The van der Waals surface area contributed by atoms with Crippen LogP contribution in [0.3, 0.4) is 0 Å². The molecule has 0 aliphatic rings. The van der Waals surface area contributed by atoms with Crippen LogP contribution in [-0.4, -0.2) is 27.1 Å². The zero-order valence-corrected chi connectivity index (χ0v) is 14.0. The monoisotopic (exact) mass is 350 g/mol. The topological polar surface area (TPSA) is 125 Å². The van der Waals surface area contributed by atoms with Gasteiger partial charge in [-0.3, -0.25) is 10.1 Å². The van der Waals surface area contributed by atoms with Gasteiger partial charge in [-0.25, -0.2) is 4.98 Å². The standard InChI is InChI=1S/C18H14N4O4/c1-10-3-5-13-14(7-10)21-18(20-13)12(9-19)8-11-4-6-15(23)17(26-2)16(11)22(24)25/h3-8,23H,1-2H3,(H,20,21). The van der Waals surface area contributed by atoms with E-state index in [0.29, 0.717) is 11.3 Å². The first-order valence-corrected chi connectivity index (χ1v) is 7.57. The number of methoxy groups -OCH3 is 1. The minimum Gasteiger partial charge on any atom is -0.504 e. The molecule has 0 atom stereocenters. The molecule has 3 rings (SSSR count). The minimum atomic E-state index is -0.665. The van der Waals surface area contributed by atoms with Gasteiger partial charge in [-0.05, 0) is 42.8 Å². The number of allylic oxidation sites excluding steroid dienone is 1. The number of aromatic nitrogens is 2. The van der Waals surface area contributed by atoms with Gasteiger partial charge in [0.25, 0.3) is 0 Å². The number of nitrogens with one attached hydrogen (secondary N) is 1. The van der Waals surface area contributed by atoms with Crippen LogP contribution in [0.1, 0.15) is 17.0 Å². The molecule has 0 amide bonds. The summed E-state index contributed by atoms with van der Waals surface area (Å²) in [6.45, 7) is 1.94. The third kappa shape index (κ3) is 2.93. The Morgan fingerprint density at radius 1 is 1.42 bits per heavy atom. The van der Waals surface area contributed by atoms with Crippen LogP contribution < -0.4 is 4.74 Å². The number of nitrogens with zero attached hydrogens (tertiary/aromatic N) is 3. The van der Waals surface area contributed by atoms with E-state index in [-0.39, 0.29) is 22.6 Å². The highest BCUT2D eigenvalue weighted by molar-refractivity contribution is 5.92. The van der Waals surface area contributed by atoms with E-state index >= 15 is 0 Å². The summed E-state index contributed by atoms with van der Waals surface area (Å²) in [6, 6.07) is 10.2. The van der Waals surface area contributed by atoms with Gasteiger partial charge in [-0.2, -0.15) is 5.26 Å². The Morgan fingerprint density at radius 2 is 2.19 bits per heavy atom. The summed E-state index contributed by atoms with van der Waals surface area (Å²) in [5, 5.41) is 30.7. The molecule has 0 aliphatic carbocycles. The van der Waals surface area contributed by atoms with E-state index < -0.39 is 10.6 Å². The fraction of sp³-hybridized carbons (Fsp3) is 0.111. The second-order valence-electron chi connectivity index (χ2n) is 5.59. The number of imidazole rings is 1. The van der Waals surface area contributed by atoms with Crippen molar-refractivity contribution in [3.05, 3.63) is 57.4 Å². The van der Waals surface area contributed by atoms with Crippen LogP contribution in [0.2, 0.25) is 0 Å². The number of nitro groups is 1. The van der Waals surface area contributed by atoms with Crippen LogP contribution in [0, 0.1) is 28.4 Å². The number of aryl methyl sites for hydroxylation is 1. The molecule has 0 fully saturated rings. The number of ether oxygens (including phenoxy) is 1. The maximum atomic E-state index is 11.4. The van der Waals surface area contributed by atoms with Crippen molar-refractivity contribution in [1.82, 2.24) is 9.97 Å². The van der Waals surface area contributed by atoms with Gasteiger partial charge >= 0.3 is 5.69 Å². The summed E-state index contributed by atoms with van der Waals surface area (Å²) in [4.78, 5) is 18.2. The molecule has 0 bridgehead atoms. The molecule has 0 unspecified atom stereocenters. The van der Waals surface area contributed by atoms with Gasteiger partial charge < -0.3 is 14.8 Å². The molecule has 8 heteroatoms. The number of H-pyrrole nitrogens is 1. The molecule has 130 valence electrons. The van der Waals surface area contributed by atoms with E-state index in [1.165, 1.54) is 25.3 Å². The molecular formula is C18H14N4O4. The van der Waals surface area contributed by atoms with E-state index in [9.17, 15) is 20.5 Å².